The average Bonchev–Trinajstić information content (AvgIpc) is 2.98. The topological polar surface area (TPSA) is 90.7 Å². The summed E-state index contributed by atoms with van der Waals surface area (Å²) in [7, 11) is -1.40. The average molecular weight is 350 g/mol. The van der Waals surface area contributed by atoms with Gasteiger partial charge in [0.1, 0.15) is 24.2 Å². The maximum atomic E-state index is 12.3. The first-order valence-corrected chi connectivity index (χ1v) is 8.91. The van der Waals surface area contributed by atoms with E-state index >= 15 is 0 Å². The van der Waals surface area contributed by atoms with Crippen LogP contribution in [0.4, 0.5) is 5.69 Å². The molecule has 7 nitrogen and oxygen atoms in total. The summed E-state index contributed by atoms with van der Waals surface area (Å²) in [6.07, 6.45) is 0. The Morgan fingerprint density at radius 1 is 1.29 bits per heavy atom. The minimum atomic E-state index is -1.40. The van der Waals surface area contributed by atoms with E-state index in [1.807, 2.05) is 0 Å². The van der Waals surface area contributed by atoms with Gasteiger partial charge in [0.25, 0.3) is 0 Å². The molecule has 8 heteroatoms. The number of anilines is 1. The molecule has 2 aromatic rings. The summed E-state index contributed by atoms with van der Waals surface area (Å²) < 4.78 is 28.2. The zero-order chi connectivity index (χ0) is 17.1. The highest BCUT2D eigenvalue weighted by Crippen LogP contribution is 2.32. The van der Waals surface area contributed by atoms with Crippen LogP contribution in [-0.2, 0) is 21.3 Å². The number of hydrogen-bond donors (Lipinski definition) is 1. The molecule has 1 aromatic heterocycles. The maximum Gasteiger partial charge on any atom is 0.239 e. The highest BCUT2D eigenvalue weighted by molar-refractivity contribution is 7.85. The molecule has 2 atom stereocenters. The number of aromatic nitrogens is 1. The predicted octanol–water partition coefficient (Wildman–Crippen LogP) is 2.03. The molecule has 0 saturated heterocycles. The molecule has 0 bridgehead atoms. The summed E-state index contributed by atoms with van der Waals surface area (Å²) in [5.74, 6) is 1.73. The van der Waals surface area contributed by atoms with Crippen molar-refractivity contribution >= 4 is 22.4 Å². The maximum absolute atomic E-state index is 12.3. The molecule has 3 rings (SSSR count). The molecule has 0 radical (unpaired) electrons. The zero-order valence-corrected chi connectivity index (χ0v) is 14.2. The van der Waals surface area contributed by atoms with E-state index < -0.39 is 16.0 Å². The van der Waals surface area contributed by atoms with Crippen LogP contribution in [0.25, 0.3) is 0 Å². The molecule has 1 amide bonds. The van der Waals surface area contributed by atoms with Gasteiger partial charge in [0.05, 0.1) is 11.4 Å². The Kier molecular flexibility index (Phi) is 4.84. The van der Waals surface area contributed by atoms with Crippen molar-refractivity contribution in [2.24, 2.45) is 0 Å². The van der Waals surface area contributed by atoms with E-state index in [9.17, 15) is 9.00 Å². The van der Waals surface area contributed by atoms with Crippen LogP contribution in [-0.4, -0.2) is 33.7 Å². The van der Waals surface area contributed by atoms with Gasteiger partial charge in [-0.1, -0.05) is 5.16 Å². The van der Waals surface area contributed by atoms with E-state index in [0.29, 0.717) is 41.9 Å². The van der Waals surface area contributed by atoms with Crippen LogP contribution in [0, 0.1) is 6.92 Å². The Labute approximate surface area is 141 Å². The van der Waals surface area contributed by atoms with Crippen LogP contribution < -0.4 is 14.8 Å². The molecule has 128 valence electrons. The third-order valence-corrected chi connectivity index (χ3v) is 5.12. The SMILES string of the molecule is Cc1cc(CS(=O)C(C)C(=O)Nc2ccc3c(c2)OCCO3)no1. The number of benzene rings is 1. The summed E-state index contributed by atoms with van der Waals surface area (Å²) in [6, 6.07) is 6.87. The number of nitrogens with zero attached hydrogens (tertiary/aromatic N) is 1. The van der Waals surface area contributed by atoms with Crippen LogP contribution in [0.5, 0.6) is 11.5 Å². The second-order valence-electron chi connectivity index (χ2n) is 5.44. The fourth-order valence-corrected chi connectivity index (χ4v) is 3.22. The molecule has 1 aromatic carbocycles. The number of nitrogens with one attached hydrogen (secondary N) is 1. The molecule has 0 spiro atoms. The van der Waals surface area contributed by atoms with E-state index in [-0.39, 0.29) is 11.7 Å². The highest BCUT2D eigenvalue weighted by atomic mass is 32.2. The van der Waals surface area contributed by atoms with Gasteiger partial charge in [-0.2, -0.15) is 0 Å². The lowest BCUT2D eigenvalue weighted by molar-refractivity contribution is -0.115. The number of aryl methyl sites for hydroxylation is 1. The fraction of sp³-hybridized carbons (Fsp3) is 0.375. The summed E-state index contributed by atoms with van der Waals surface area (Å²) in [4.78, 5) is 12.3. The van der Waals surface area contributed by atoms with E-state index in [1.54, 1.807) is 38.1 Å². The predicted molar refractivity (Wildman–Crippen MR) is 88.6 cm³/mol. The number of amides is 1. The summed E-state index contributed by atoms with van der Waals surface area (Å²) >= 11 is 0. The van der Waals surface area contributed by atoms with Crippen LogP contribution in [0.1, 0.15) is 18.4 Å². The van der Waals surface area contributed by atoms with Gasteiger partial charge in [0.2, 0.25) is 5.91 Å². The molecule has 0 aliphatic carbocycles. The Balaban J connectivity index is 1.62. The van der Waals surface area contributed by atoms with Crippen LogP contribution in [0.3, 0.4) is 0 Å². The Morgan fingerprint density at radius 3 is 2.75 bits per heavy atom. The summed E-state index contributed by atoms with van der Waals surface area (Å²) in [5, 5.41) is 5.87. The first-order valence-electron chi connectivity index (χ1n) is 7.53. The molecule has 2 heterocycles. The molecule has 1 aliphatic rings. The van der Waals surface area contributed by atoms with Crippen molar-refractivity contribution in [1.29, 1.82) is 0 Å². The van der Waals surface area contributed by atoms with E-state index in [2.05, 4.69) is 10.5 Å². The number of carbonyl (C=O) groups excluding carboxylic acids is 1. The van der Waals surface area contributed by atoms with Crippen molar-refractivity contribution in [3.05, 3.63) is 35.7 Å². The van der Waals surface area contributed by atoms with Gasteiger partial charge in [0.15, 0.2) is 11.5 Å². The lowest BCUT2D eigenvalue weighted by Crippen LogP contribution is -2.29. The van der Waals surface area contributed by atoms with Crippen LogP contribution in [0.15, 0.2) is 28.8 Å². The molecule has 1 aliphatic heterocycles. The second kappa shape index (κ2) is 7.04. The van der Waals surface area contributed by atoms with Gasteiger partial charge in [0, 0.05) is 28.6 Å². The van der Waals surface area contributed by atoms with Crippen molar-refractivity contribution in [2.45, 2.75) is 24.9 Å². The van der Waals surface area contributed by atoms with Crippen LogP contribution in [0.2, 0.25) is 0 Å². The summed E-state index contributed by atoms with van der Waals surface area (Å²) in [5.41, 5.74) is 1.15. The van der Waals surface area contributed by atoms with Crippen molar-refractivity contribution in [2.75, 3.05) is 18.5 Å². The summed E-state index contributed by atoms with van der Waals surface area (Å²) in [6.45, 7) is 4.37. The Bertz CT molecular complexity index is 774. The molecular formula is C16H18N2O5S. The standard InChI is InChI=1S/C16H18N2O5S/c1-10-7-13(18-23-10)9-24(20)11(2)16(19)17-12-3-4-14-15(8-12)22-6-5-21-14/h3-4,7-8,11H,5-6,9H2,1-2H3,(H,17,19). The van der Waals surface area contributed by atoms with Crippen molar-refractivity contribution in [1.82, 2.24) is 5.16 Å². The van der Waals surface area contributed by atoms with Gasteiger partial charge in [-0.25, -0.2) is 0 Å². The first kappa shape index (κ1) is 16.5. The van der Waals surface area contributed by atoms with E-state index in [0.717, 1.165) is 0 Å². The molecule has 0 saturated carbocycles. The molecule has 24 heavy (non-hydrogen) atoms. The van der Waals surface area contributed by atoms with E-state index in [4.69, 9.17) is 14.0 Å². The highest BCUT2D eigenvalue weighted by Gasteiger charge is 2.22. The van der Waals surface area contributed by atoms with Gasteiger partial charge in [-0.15, -0.1) is 0 Å². The van der Waals surface area contributed by atoms with Gasteiger partial charge >= 0.3 is 0 Å². The first-order chi connectivity index (χ1) is 11.5. The smallest absolute Gasteiger partial charge is 0.239 e. The lowest BCUT2D eigenvalue weighted by atomic mass is 10.2. The second-order valence-corrected chi connectivity index (χ2v) is 7.20. The van der Waals surface area contributed by atoms with Crippen molar-refractivity contribution in [3.63, 3.8) is 0 Å². The van der Waals surface area contributed by atoms with Crippen molar-refractivity contribution < 1.29 is 23.0 Å². The van der Waals surface area contributed by atoms with E-state index in [1.165, 1.54) is 0 Å². The fourth-order valence-electron chi connectivity index (χ4n) is 2.24. The minimum Gasteiger partial charge on any atom is -0.486 e. The van der Waals surface area contributed by atoms with Crippen LogP contribution >= 0.6 is 0 Å². The number of ether oxygens (including phenoxy) is 2. The van der Waals surface area contributed by atoms with Gasteiger partial charge < -0.3 is 19.3 Å². The molecule has 1 N–H and O–H groups in total. The Hall–Kier alpha value is -2.35. The largest absolute Gasteiger partial charge is 0.486 e. The number of hydrogen-bond acceptors (Lipinski definition) is 6. The number of rotatable bonds is 5. The third kappa shape index (κ3) is 3.76. The van der Waals surface area contributed by atoms with Gasteiger partial charge in [-0.3, -0.25) is 9.00 Å². The Morgan fingerprint density at radius 2 is 2.04 bits per heavy atom. The third-order valence-electron chi connectivity index (χ3n) is 3.54. The molecular weight excluding hydrogens is 332 g/mol. The quantitative estimate of drug-likeness (QED) is 0.887. The molecule has 0 fully saturated rings. The minimum absolute atomic E-state index is 0.174. The molecule has 2 unspecified atom stereocenters. The van der Waals surface area contributed by atoms with Gasteiger partial charge in [-0.05, 0) is 26.0 Å². The number of carbonyl (C=O) groups is 1. The van der Waals surface area contributed by atoms with Crippen molar-refractivity contribution in [3.8, 4) is 11.5 Å². The normalized spacial score (nSPS) is 15.6. The number of fused-ring (bicyclic) bond motifs is 1. The lowest BCUT2D eigenvalue weighted by Gasteiger charge is -2.19. The monoisotopic (exact) mass is 350 g/mol. The zero-order valence-electron chi connectivity index (χ0n) is 13.4.